The van der Waals surface area contributed by atoms with Gasteiger partial charge < -0.3 is 37.8 Å². The van der Waals surface area contributed by atoms with Gasteiger partial charge in [-0.3, -0.25) is 10.2 Å². The highest BCUT2D eigenvalue weighted by molar-refractivity contribution is 7.91. The fraction of sp³-hybridized carbons (Fsp3) is 0. The molecule has 56 heavy (non-hydrogen) atoms. The van der Waals surface area contributed by atoms with Gasteiger partial charge >= 0.3 is 0 Å². The van der Waals surface area contributed by atoms with Gasteiger partial charge in [-0.15, -0.1) is 15.3 Å². The minimum atomic E-state index is -5.41. The van der Waals surface area contributed by atoms with E-state index in [4.69, 9.17) is 28.7 Å². The van der Waals surface area contributed by atoms with Gasteiger partial charge in [0, 0.05) is 11.4 Å². The molecule has 0 amide bonds. The summed E-state index contributed by atoms with van der Waals surface area (Å²) < 4.78 is 73.9. The number of benzene rings is 5. The van der Waals surface area contributed by atoms with Gasteiger partial charge in [0.1, 0.15) is 43.0 Å². The monoisotopic (exact) mass is 793 g/mol. The van der Waals surface area contributed by atoms with E-state index in [2.05, 4.69) is 41.2 Å². The first kappa shape index (κ1) is 38.3. The van der Waals surface area contributed by atoms with Crippen molar-refractivity contribution in [2.75, 3.05) is 34.1 Å². The van der Waals surface area contributed by atoms with E-state index in [0.717, 1.165) is 0 Å². The maximum Gasteiger partial charge on any atom is 0.217 e. The van der Waals surface area contributed by atoms with E-state index < -0.39 is 64.0 Å². The standard InChI is InChI=1S/C34H29N13O7S2/c35-18-1-11-26(24(37)15-18)44-40-20-3-7-22(8-4-20)42-46-32-28(55(49,50)51)13-17-14-29(56(52,53)54)33(34(48)30(17)31(32)39)47-43-23-9-5-21(6-10-23)41-45-27-12-2-19(36)16-25(27)38/h1-16,43H,35-39H2,(H,49,50,51)(H,52,53,54)/p-2. The summed E-state index contributed by atoms with van der Waals surface area (Å²) >= 11 is 0. The Hall–Kier alpha value is -7.40. The largest absolute Gasteiger partial charge is 0.744 e. The molecule has 0 spiro atoms. The fourth-order valence-corrected chi connectivity index (χ4v) is 6.36. The van der Waals surface area contributed by atoms with Gasteiger partial charge in [0.15, 0.2) is 0 Å². The van der Waals surface area contributed by atoms with Crippen LogP contribution in [-0.4, -0.2) is 37.4 Å². The van der Waals surface area contributed by atoms with Crippen molar-refractivity contribution in [3.05, 3.63) is 107 Å². The summed E-state index contributed by atoms with van der Waals surface area (Å²) in [5.41, 5.74) is 32.1. The van der Waals surface area contributed by atoms with E-state index in [0.29, 0.717) is 57.6 Å². The van der Waals surface area contributed by atoms with Gasteiger partial charge in [-0.2, -0.15) is 20.4 Å². The molecule has 22 heteroatoms. The number of ketones is 1. The number of hydrogen-bond donors (Lipinski definition) is 6. The van der Waals surface area contributed by atoms with E-state index >= 15 is 0 Å². The summed E-state index contributed by atoms with van der Waals surface area (Å²) in [6.07, 6.45) is 0.684. The van der Waals surface area contributed by atoms with Crippen molar-refractivity contribution in [3.8, 4) is 0 Å². The van der Waals surface area contributed by atoms with Crippen LogP contribution in [0.3, 0.4) is 0 Å². The van der Waals surface area contributed by atoms with Crippen molar-refractivity contribution in [2.24, 2.45) is 35.8 Å². The quantitative estimate of drug-likeness (QED) is 0.0392. The van der Waals surface area contributed by atoms with Crippen molar-refractivity contribution in [1.82, 2.24) is 0 Å². The smallest absolute Gasteiger partial charge is 0.217 e. The van der Waals surface area contributed by atoms with Gasteiger partial charge in [-0.05, 0) is 103 Å². The Bertz CT molecular complexity index is 2790. The summed E-state index contributed by atoms with van der Waals surface area (Å²) in [4.78, 5) is 11.6. The van der Waals surface area contributed by atoms with Crippen molar-refractivity contribution < 1.29 is 30.7 Å². The van der Waals surface area contributed by atoms with Gasteiger partial charge in [-0.25, -0.2) is 16.8 Å². The molecule has 0 radical (unpaired) electrons. The molecule has 0 saturated heterocycles. The lowest BCUT2D eigenvalue weighted by Crippen LogP contribution is -2.28. The molecule has 0 saturated carbocycles. The molecule has 20 nitrogen and oxygen atoms in total. The third kappa shape index (κ3) is 8.53. The summed E-state index contributed by atoms with van der Waals surface area (Å²) in [6.45, 7) is 0. The predicted octanol–water partition coefficient (Wildman–Crippen LogP) is 6.30. The molecule has 284 valence electrons. The predicted molar refractivity (Wildman–Crippen MR) is 208 cm³/mol. The molecule has 1 aliphatic carbocycles. The first-order valence-electron chi connectivity index (χ1n) is 15.7. The van der Waals surface area contributed by atoms with Crippen LogP contribution in [0.25, 0.3) is 6.08 Å². The molecule has 0 heterocycles. The number of allylic oxidation sites excluding steroid dienone is 1. The average Bonchev–Trinajstić information content (AvgIpc) is 3.13. The zero-order valence-corrected chi connectivity index (χ0v) is 30.1. The van der Waals surface area contributed by atoms with E-state index in [9.17, 15) is 30.7 Å². The molecule has 0 fully saturated rings. The van der Waals surface area contributed by atoms with E-state index in [1.807, 2.05) is 0 Å². The summed E-state index contributed by atoms with van der Waals surface area (Å²) in [6, 6.07) is 21.9. The number of hydrazone groups is 1. The Morgan fingerprint density at radius 1 is 0.571 bits per heavy atom. The van der Waals surface area contributed by atoms with Crippen molar-refractivity contribution in [1.29, 1.82) is 0 Å². The summed E-state index contributed by atoms with van der Waals surface area (Å²) in [7, 11) is -10.8. The number of nitrogen functional groups attached to an aromatic ring is 5. The van der Waals surface area contributed by atoms with Gasteiger partial charge in [0.05, 0.1) is 55.2 Å². The van der Waals surface area contributed by atoms with Crippen LogP contribution in [-0.2, 0) is 20.2 Å². The van der Waals surface area contributed by atoms with Gasteiger partial charge in [0.2, 0.25) is 5.78 Å². The molecule has 0 atom stereocenters. The first-order valence-corrected chi connectivity index (χ1v) is 18.5. The number of anilines is 6. The lowest BCUT2D eigenvalue weighted by atomic mass is 9.92. The van der Waals surface area contributed by atoms with Crippen LogP contribution >= 0.6 is 0 Å². The van der Waals surface area contributed by atoms with E-state index in [1.165, 1.54) is 60.7 Å². The molecule has 0 bridgehead atoms. The molecule has 1 aliphatic rings. The third-order valence-corrected chi connectivity index (χ3v) is 9.46. The number of Topliss-reactive ketones (excluding diaryl/α,β-unsaturated/α-hetero) is 1. The molecule has 0 aromatic heterocycles. The van der Waals surface area contributed by atoms with Crippen LogP contribution in [0.2, 0.25) is 0 Å². The Morgan fingerprint density at radius 3 is 1.52 bits per heavy atom. The van der Waals surface area contributed by atoms with Crippen LogP contribution in [0.5, 0.6) is 0 Å². The number of azo groups is 3. The second-order valence-electron chi connectivity index (χ2n) is 11.7. The number of nitrogens with zero attached hydrogens (tertiary/aromatic N) is 7. The third-order valence-electron chi connectivity index (χ3n) is 7.76. The molecule has 6 rings (SSSR count). The van der Waals surface area contributed by atoms with Crippen LogP contribution in [0.15, 0.2) is 137 Å². The number of fused-ring (bicyclic) bond motifs is 1. The summed E-state index contributed by atoms with van der Waals surface area (Å²) in [5, 5.41) is 28.0. The molecular weight excluding hydrogens is 767 g/mol. The second-order valence-corrected chi connectivity index (χ2v) is 14.4. The number of carbonyl (C=O) groups excluding carboxylic acids is 1. The molecule has 5 aromatic carbocycles. The van der Waals surface area contributed by atoms with Crippen molar-refractivity contribution in [2.45, 2.75) is 4.90 Å². The number of nitrogens with one attached hydrogen (secondary N) is 1. The second kappa shape index (κ2) is 15.2. The zero-order valence-electron chi connectivity index (χ0n) is 28.4. The molecular formula is C34H27N13O7S2-2. The molecule has 0 aliphatic heterocycles. The highest BCUT2D eigenvalue weighted by atomic mass is 32.2. The van der Waals surface area contributed by atoms with Crippen LogP contribution in [0.1, 0.15) is 15.9 Å². The van der Waals surface area contributed by atoms with E-state index in [-0.39, 0.29) is 11.4 Å². The number of nitrogens with two attached hydrogens (primary N) is 5. The SMILES string of the molecule is Nc1ccc(N=Nc2ccc(N=Nc3c(S(=O)(=O)[O-])cc4c(c3N)C(=O)C(=NNc3ccc(N=Nc5ccc(N)cc5N)cc3)C(S(=O)(=O)[O-])=C4)cc2)c(N)c1. The number of rotatable bonds is 10. The highest BCUT2D eigenvalue weighted by Gasteiger charge is 2.34. The van der Waals surface area contributed by atoms with Gasteiger partial charge in [0.25, 0.3) is 0 Å². The van der Waals surface area contributed by atoms with Crippen LogP contribution in [0.4, 0.5) is 68.2 Å². The highest BCUT2D eigenvalue weighted by Crippen LogP contribution is 2.41. The number of hydrogen-bond acceptors (Lipinski definition) is 20. The number of carbonyl (C=O) groups is 1. The molecule has 0 unspecified atom stereocenters. The minimum absolute atomic E-state index is 0.140. The Kier molecular flexibility index (Phi) is 10.4. The van der Waals surface area contributed by atoms with Gasteiger partial charge in [-0.1, -0.05) is 0 Å². The minimum Gasteiger partial charge on any atom is -0.744 e. The Balaban J connectivity index is 1.29. The Morgan fingerprint density at radius 2 is 1.05 bits per heavy atom. The molecule has 11 N–H and O–H groups in total. The molecule has 5 aromatic rings. The zero-order chi connectivity index (χ0) is 40.4. The normalized spacial score (nSPS) is 14.1. The topological polar surface area (TPSA) is 360 Å². The van der Waals surface area contributed by atoms with E-state index in [1.54, 1.807) is 24.3 Å². The lowest BCUT2D eigenvalue weighted by Gasteiger charge is -2.23. The average molecular weight is 794 g/mol. The van der Waals surface area contributed by atoms with Crippen molar-refractivity contribution in [3.63, 3.8) is 0 Å². The maximum absolute atomic E-state index is 13.8. The Labute approximate surface area is 317 Å². The maximum atomic E-state index is 13.8. The fourth-order valence-electron chi connectivity index (χ4n) is 5.05. The first-order chi connectivity index (χ1) is 26.5. The van der Waals surface area contributed by atoms with Crippen LogP contribution in [0, 0.1) is 0 Å². The van der Waals surface area contributed by atoms with Crippen LogP contribution < -0.4 is 34.1 Å². The summed E-state index contributed by atoms with van der Waals surface area (Å²) in [5.74, 6) is -1.20. The van der Waals surface area contributed by atoms with Crippen molar-refractivity contribution >= 4 is 106 Å². The lowest BCUT2D eigenvalue weighted by molar-refractivity contribution is 0.106.